The summed E-state index contributed by atoms with van der Waals surface area (Å²) in [6.07, 6.45) is 3.37. The van der Waals surface area contributed by atoms with Crippen molar-refractivity contribution in [3.8, 4) is 5.75 Å². The molecule has 0 saturated heterocycles. The highest BCUT2D eigenvalue weighted by molar-refractivity contribution is 5.91. The number of unbranched alkanes of at least 4 members (excludes halogenated alkanes) is 1. The number of nitrogens with one attached hydrogen (secondary N) is 1. The Morgan fingerprint density at radius 2 is 1.91 bits per heavy atom. The molecule has 1 N–H and O–H groups in total. The van der Waals surface area contributed by atoms with Gasteiger partial charge in [-0.05, 0) is 30.5 Å². The van der Waals surface area contributed by atoms with Crippen LogP contribution in [0.2, 0.25) is 0 Å². The maximum Gasteiger partial charge on any atom is 0.224 e. The first-order chi connectivity index (χ1) is 10.8. The summed E-state index contributed by atoms with van der Waals surface area (Å²) >= 11 is 0. The fourth-order valence-electron chi connectivity index (χ4n) is 2.12. The number of hydrogen-bond donors (Lipinski definition) is 1. The molecule has 0 aromatic heterocycles. The summed E-state index contributed by atoms with van der Waals surface area (Å²) in [6, 6.07) is 17.6. The van der Waals surface area contributed by atoms with Gasteiger partial charge in [0.25, 0.3) is 0 Å². The van der Waals surface area contributed by atoms with Crippen molar-refractivity contribution < 1.29 is 9.53 Å². The molecule has 0 atom stereocenters. The van der Waals surface area contributed by atoms with E-state index in [1.54, 1.807) is 0 Å². The second kappa shape index (κ2) is 8.88. The van der Waals surface area contributed by atoms with Crippen LogP contribution in [0.1, 0.15) is 31.7 Å². The Hall–Kier alpha value is -2.29. The third kappa shape index (κ3) is 5.60. The highest BCUT2D eigenvalue weighted by Crippen LogP contribution is 2.18. The molecule has 1 amide bonds. The lowest BCUT2D eigenvalue weighted by molar-refractivity contribution is -0.116. The van der Waals surface area contributed by atoms with Gasteiger partial charge in [0.2, 0.25) is 5.91 Å². The smallest absolute Gasteiger partial charge is 0.224 e. The lowest BCUT2D eigenvalue weighted by atomic mass is 10.1. The van der Waals surface area contributed by atoms with Gasteiger partial charge in [-0.1, -0.05) is 49.7 Å². The van der Waals surface area contributed by atoms with E-state index in [0.717, 1.165) is 30.7 Å². The van der Waals surface area contributed by atoms with Gasteiger partial charge in [-0.15, -0.1) is 0 Å². The van der Waals surface area contributed by atoms with E-state index in [0.29, 0.717) is 13.0 Å². The fraction of sp³-hybridized carbons (Fsp3) is 0.316. The molecular weight excluding hydrogens is 274 g/mol. The number of benzene rings is 2. The highest BCUT2D eigenvalue weighted by Gasteiger charge is 2.04. The first-order valence-electron chi connectivity index (χ1n) is 7.84. The van der Waals surface area contributed by atoms with Crippen LogP contribution in [0.3, 0.4) is 0 Å². The Morgan fingerprint density at radius 1 is 1.09 bits per heavy atom. The molecule has 0 fully saturated rings. The van der Waals surface area contributed by atoms with Gasteiger partial charge < -0.3 is 10.1 Å². The van der Waals surface area contributed by atoms with E-state index in [-0.39, 0.29) is 5.91 Å². The van der Waals surface area contributed by atoms with Gasteiger partial charge in [0, 0.05) is 18.2 Å². The molecule has 0 aliphatic heterocycles. The van der Waals surface area contributed by atoms with Crippen molar-refractivity contribution in [2.45, 2.75) is 32.6 Å². The van der Waals surface area contributed by atoms with Crippen LogP contribution < -0.4 is 10.1 Å². The summed E-state index contributed by atoms with van der Waals surface area (Å²) in [7, 11) is 0. The minimum Gasteiger partial charge on any atom is -0.494 e. The van der Waals surface area contributed by atoms with Gasteiger partial charge >= 0.3 is 0 Å². The number of hydrogen-bond acceptors (Lipinski definition) is 2. The van der Waals surface area contributed by atoms with Gasteiger partial charge in [-0.25, -0.2) is 0 Å². The normalized spacial score (nSPS) is 10.2. The van der Waals surface area contributed by atoms with E-state index in [1.807, 2.05) is 54.6 Å². The number of ether oxygens (including phenoxy) is 1. The van der Waals surface area contributed by atoms with Crippen LogP contribution in [0, 0.1) is 0 Å². The number of anilines is 1. The van der Waals surface area contributed by atoms with E-state index in [1.165, 1.54) is 5.56 Å². The molecule has 22 heavy (non-hydrogen) atoms. The first kappa shape index (κ1) is 16.1. The van der Waals surface area contributed by atoms with Crippen molar-refractivity contribution in [3.63, 3.8) is 0 Å². The van der Waals surface area contributed by atoms with Crippen LogP contribution in [-0.2, 0) is 11.2 Å². The standard InChI is InChI=1S/C19H23NO2/c1-2-3-14-22-18-11-7-10-17(15-18)20-19(21)13-12-16-8-5-4-6-9-16/h4-11,15H,2-3,12-14H2,1H3,(H,20,21). The van der Waals surface area contributed by atoms with Gasteiger partial charge in [0.05, 0.1) is 6.61 Å². The molecule has 0 spiro atoms. The number of amides is 1. The Kier molecular flexibility index (Phi) is 6.49. The number of carbonyl (C=O) groups excluding carboxylic acids is 1. The molecule has 2 aromatic rings. The third-order valence-corrected chi connectivity index (χ3v) is 3.37. The molecule has 0 saturated carbocycles. The van der Waals surface area contributed by atoms with Gasteiger partial charge in [-0.3, -0.25) is 4.79 Å². The van der Waals surface area contributed by atoms with Crippen LogP contribution in [0.15, 0.2) is 54.6 Å². The Labute approximate surface area is 132 Å². The van der Waals surface area contributed by atoms with Crippen molar-refractivity contribution in [1.82, 2.24) is 0 Å². The molecule has 0 unspecified atom stereocenters. The van der Waals surface area contributed by atoms with Crippen molar-refractivity contribution >= 4 is 11.6 Å². The number of rotatable bonds is 8. The number of carbonyl (C=O) groups is 1. The van der Waals surface area contributed by atoms with Gasteiger partial charge in [0.1, 0.15) is 5.75 Å². The molecule has 0 heterocycles. The lowest BCUT2D eigenvalue weighted by Crippen LogP contribution is -2.12. The first-order valence-corrected chi connectivity index (χ1v) is 7.84. The molecule has 2 aromatic carbocycles. The topological polar surface area (TPSA) is 38.3 Å². The monoisotopic (exact) mass is 297 g/mol. The zero-order valence-electron chi connectivity index (χ0n) is 13.0. The SMILES string of the molecule is CCCCOc1cccc(NC(=O)CCc2ccccc2)c1. The maximum absolute atomic E-state index is 12.0. The summed E-state index contributed by atoms with van der Waals surface area (Å²) < 4.78 is 5.65. The summed E-state index contributed by atoms with van der Waals surface area (Å²) in [5.74, 6) is 0.823. The third-order valence-electron chi connectivity index (χ3n) is 3.37. The highest BCUT2D eigenvalue weighted by atomic mass is 16.5. The molecule has 3 nitrogen and oxygen atoms in total. The van der Waals surface area contributed by atoms with E-state index < -0.39 is 0 Å². The second-order valence-electron chi connectivity index (χ2n) is 5.26. The average molecular weight is 297 g/mol. The fourth-order valence-corrected chi connectivity index (χ4v) is 2.12. The summed E-state index contributed by atoms with van der Waals surface area (Å²) in [6.45, 7) is 2.84. The molecule has 3 heteroatoms. The molecule has 0 aliphatic rings. The van der Waals surface area contributed by atoms with Crippen LogP contribution in [-0.4, -0.2) is 12.5 Å². The largest absolute Gasteiger partial charge is 0.494 e. The van der Waals surface area contributed by atoms with Crippen molar-refractivity contribution in [1.29, 1.82) is 0 Å². The zero-order valence-corrected chi connectivity index (χ0v) is 13.0. The second-order valence-corrected chi connectivity index (χ2v) is 5.26. The van der Waals surface area contributed by atoms with E-state index in [4.69, 9.17) is 4.74 Å². The van der Waals surface area contributed by atoms with Crippen molar-refractivity contribution in [3.05, 3.63) is 60.2 Å². The van der Waals surface area contributed by atoms with Gasteiger partial charge in [-0.2, -0.15) is 0 Å². The van der Waals surface area contributed by atoms with Crippen LogP contribution in [0.5, 0.6) is 5.75 Å². The van der Waals surface area contributed by atoms with Crippen molar-refractivity contribution in [2.24, 2.45) is 0 Å². The van der Waals surface area contributed by atoms with E-state index >= 15 is 0 Å². The van der Waals surface area contributed by atoms with Crippen LogP contribution in [0.4, 0.5) is 5.69 Å². The van der Waals surface area contributed by atoms with E-state index in [2.05, 4.69) is 12.2 Å². The maximum atomic E-state index is 12.0. The zero-order chi connectivity index (χ0) is 15.6. The lowest BCUT2D eigenvalue weighted by Gasteiger charge is -2.09. The molecule has 0 bridgehead atoms. The van der Waals surface area contributed by atoms with Crippen LogP contribution >= 0.6 is 0 Å². The quantitative estimate of drug-likeness (QED) is 0.732. The Morgan fingerprint density at radius 3 is 2.68 bits per heavy atom. The minimum atomic E-state index is 0.0227. The Balaban J connectivity index is 1.82. The number of aryl methyl sites for hydroxylation is 1. The predicted octanol–water partition coefficient (Wildman–Crippen LogP) is 4.44. The summed E-state index contributed by atoms with van der Waals surface area (Å²) in [5.41, 5.74) is 1.96. The Bertz CT molecular complexity index is 581. The van der Waals surface area contributed by atoms with Crippen LogP contribution in [0.25, 0.3) is 0 Å². The molecule has 116 valence electrons. The average Bonchev–Trinajstić information content (AvgIpc) is 2.55. The molecular formula is C19H23NO2. The van der Waals surface area contributed by atoms with Gasteiger partial charge in [0.15, 0.2) is 0 Å². The molecule has 0 radical (unpaired) electrons. The van der Waals surface area contributed by atoms with E-state index in [9.17, 15) is 4.79 Å². The van der Waals surface area contributed by atoms with Crippen molar-refractivity contribution in [2.75, 3.05) is 11.9 Å². The molecule has 2 rings (SSSR count). The minimum absolute atomic E-state index is 0.0227. The summed E-state index contributed by atoms with van der Waals surface area (Å²) in [5, 5.41) is 2.92. The summed E-state index contributed by atoms with van der Waals surface area (Å²) in [4.78, 5) is 12.0. The molecule has 0 aliphatic carbocycles. The predicted molar refractivity (Wildman–Crippen MR) is 90.2 cm³/mol.